The van der Waals surface area contributed by atoms with Crippen LogP contribution in [0.5, 0.6) is 0 Å². The highest BCUT2D eigenvalue weighted by Crippen LogP contribution is 2.30. The van der Waals surface area contributed by atoms with Gasteiger partial charge in [0.2, 0.25) is 5.88 Å². The SMILES string of the molecule is Cc1cc(NC(=O)N2CC[C@@H](C)C(N(C)c3ccnc4[nH]ccc34)C2)on1. The zero-order valence-corrected chi connectivity index (χ0v) is 15.8. The Labute approximate surface area is 157 Å². The number of fused-ring (bicyclic) bond motifs is 1. The first kappa shape index (κ1) is 17.4. The third-order valence-electron chi connectivity index (χ3n) is 5.38. The number of rotatable bonds is 3. The van der Waals surface area contributed by atoms with E-state index in [9.17, 15) is 4.79 Å². The van der Waals surface area contributed by atoms with Gasteiger partial charge in [-0.1, -0.05) is 12.1 Å². The topological polar surface area (TPSA) is 90.3 Å². The van der Waals surface area contributed by atoms with Gasteiger partial charge in [0.05, 0.1) is 5.69 Å². The Balaban J connectivity index is 1.51. The number of hydrogen-bond acceptors (Lipinski definition) is 5. The average Bonchev–Trinajstić information content (AvgIpc) is 3.30. The molecular weight excluding hydrogens is 344 g/mol. The molecule has 1 unspecified atom stereocenters. The monoisotopic (exact) mass is 368 g/mol. The minimum Gasteiger partial charge on any atom is -0.369 e. The molecule has 0 radical (unpaired) electrons. The Morgan fingerprint density at radius 1 is 1.44 bits per heavy atom. The number of aromatic amines is 1. The summed E-state index contributed by atoms with van der Waals surface area (Å²) < 4.78 is 5.10. The number of nitrogens with one attached hydrogen (secondary N) is 2. The number of anilines is 2. The van der Waals surface area contributed by atoms with Crippen LogP contribution in [0.15, 0.2) is 35.1 Å². The van der Waals surface area contributed by atoms with Crippen molar-refractivity contribution >= 4 is 28.6 Å². The quantitative estimate of drug-likeness (QED) is 0.741. The van der Waals surface area contributed by atoms with Crippen molar-refractivity contribution in [1.29, 1.82) is 0 Å². The fourth-order valence-corrected chi connectivity index (χ4v) is 3.78. The normalized spacial score (nSPS) is 20.0. The standard InChI is InChI=1S/C19H24N6O2/c1-12-6-9-25(19(26)22-17-10-13(2)23-27-17)11-16(12)24(3)15-5-8-21-18-14(15)4-7-20-18/h4-5,7-8,10,12,16H,6,9,11H2,1-3H3,(H,20,21)(H,22,26)/t12-,16?/m1/s1. The maximum absolute atomic E-state index is 12.7. The second-order valence-corrected chi connectivity index (χ2v) is 7.22. The molecule has 0 aliphatic carbocycles. The highest BCUT2D eigenvalue weighted by Gasteiger charge is 2.32. The Bertz CT molecular complexity index is 948. The number of amides is 2. The molecule has 3 aromatic rings. The minimum atomic E-state index is -0.155. The Kier molecular flexibility index (Phi) is 4.47. The summed E-state index contributed by atoms with van der Waals surface area (Å²) in [5.41, 5.74) is 2.73. The van der Waals surface area contributed by atoms with E-state index < -0.39 is 0 Å². The molecule has 3 aromatic heterocycles. The molecule has 2 atom stereocenters. The van der Waals surface area contributed by atoms with Crippen LogP contribution in [0.2, 0.25) is 0 Å². The van der Waals surface area contributed by atoms with Crippen molar-refractivity contribution in [1.82, 2.24) is 20.0 Å². The molecular formula is C19H24N6O2. The minimum absolute atomic E-state index is 0.155. The molecule has 1 aliphatic heterocycles. The fraction of sp³-hybridized carbons (Fsp3) is 0.421. The number of nitrogens with zero attached hydrogens (tertiary/aromatic N) is 4. The van der Waals surface area contributed by atoms with Crippen LogP contribution in [0.4, 0.5) is 16.4 Å². The van der Waals surface area contributed by atoms with Crippen molar-refractivity contribution in [3.63, 3.8) is 0 Å². The zero-order chi connectivity index (χ0) is 19.0. The molecule has 4 rings (SSSR count). The Hall–Kier alpha value is -3.03. The number of pyridine rings is 1. The smallest absolute Gasteiger partial charge is 0.324 e. The highest BCUT2D eigenvalue weighted by molar-refractivity contribution is 5.90. The van der Waals surface area contributed by atoms with Crippen molar-refractivity contribution in [3.8, 4) is 0 Å². The number of likely N-dealkylation sites (tertiary alicyclic amines) is 1. The lowest BCUT2D eigenvalue weighted by Gasteiger charge is -2.42. The molecule has 142 valence electrons. The number of aromatic nitrogens is 3. The number of H-pyrrole nitrogens is 1. The van der Waals surface area contributed by atoms with Crippen LogP contribution >= 0.6 is 0 Å². The number of likely N-dealkylation sites (N-methyl/N-ethyl adjacent to an activating group) is 1. The molecule has 1 fully saturated rings. The van der Waals surface area contributed by atoms with Gasteiger partial charge in [-0.2, -0.15) is 0 Å². The summed E-state index contributed by atoms with van der Waals surface area (Å²) in [4.78, 5) is 24.3. The molecule has 8 heteroatoms. The molecule has 0 saturated carbocycles. The molecule has 1 saturated heterocycles. The van der Waals surface area contributed by atoms with E-state index in [4.69, 9.17) is 4.52 Å². The van der Waals surface area contributed by atoms with Crippen LogP contribution in [0, 0.1) is 12.8 Å². The van der Waals surface area contributed by atoms with Crippen LogP contribution in [0.25, 0.3) is 11.0 Å². The lowest BCUT2D eigenvalue weighted by atomic mass is 9.92. The number of aryl methyl sites for hydroxylation is 1. The number of carbonyl (C=O) groups excluding carboxylic acids is 1. The first-order valence-electron chi connectivity index (χ1n) is 9.17. The van der Waals surface area contributed by atoms with Gasteiger partial charge in [0.25, 0.3) is 0 Å². The number of piperidine rings is 1. The maximum atomic E-state index is 12.7. The van der Waals surface area contributed by atoms with E-state index in [1.807, 2.05) is 36.4 Å². The molecule has 0 bridgehead atoms. The second kappa shape index (κ2) is 6.94. The maximum Gasteiger partial charge on any atom is 0.324 e. The van der Waals surface area contributed by atoms with Crippen molar-refractivity contribution in [2.24, 2.45) is 5.92 Å². The first-order valence-corrected chi connectivity index (χ1v) is 9.17. The van der Waals surface area contributed by atoms with Gasteiger partial charge < -0.3 is 19.3 Å². The Morgan fingerprint density at radius 3 is 3.07 bits per heavy atom. The number of urea groups is 1. The second-order valence-electron chi connectivity index (χ2n) is 7.22. The number of hydrogen-bond donors (Lipinski definition) is 2. The van der Waals surface area contributed by atoms with Crippen LogP contribution in [0.3, 0.4) is 0 Å². The van der Waals surface area contributed by atoms with E-state index >= 15 is 0 Å². The van der Waals surface area contributed by atoms with Gasteiger partial charge in [-0.25, -0.2) is 9.78 Å². The van der Waals surface area contributed by atoms with Crippen LogP contribution in [-0.4, -0.2) is 52.2 Å². The molecule has 1 aliphatic rings. The fourth-order valence-electron chi connectivity index (χ4n) is 3.78. The first-order chi connectivity index (χ1) is 13.0. The van der Waals surface area contributed by atoms with Crippen LogP contribution in [-0.2, 0) is 0 Å². The highest BCUT2D eigenvalue weighted by atomic mass is 16.5. The van der Waals surface area contributed by atoms with Gasteiger partial charge in [0.1, 0.15) is 5.65 Å². The summed E-state index contributed by atoms with van der Waals surface area (Å²) >= 11 is 0. The summed E-state index contributed by atoms with van der Waals surface area (Å²) in [6, 6.07) is 5.84. The van der Waals surface area contributed by atoms with Gasteiger partial charge in [-0.3, -0.25) is 5.32 Å². The summed E-state index contributed by atoms with van der Waals surface area (Å²) in [5.74, 6) is 0.845. The van der Waals surface area contributed by atoms with Crippen molar-refractivity contribution in [2.75, 3.05) is 30.4 Å². The van der Waals surface area contributed by atoms with Crippen molar-refractivity contribution < 1.29 is 9.32 Å². The van der Waals surface area contributed by atoms with Crippen molar-refractivity contribution in [2.45, 2.75) is 26.3 Å². The lowest BCUT2D eigenvalue weighted by Crippen LogP contribution is -2.53. The lowest BCUT2D eigenvalue weighted by molar-refractivity contribution is 0.172. The third-order valence-corrected chi connectivity index (χ3v) is 5.38. The zero-order valence-electron chi connectivity index (χ0n) is 15.8. The summed E-state index contributed by atoms with van der Waals surface area (Å²) in [6.07, 6.45) is 4.66. The van der Waals surface area contributed by atoms with Crippen LogP contribution in [0.1, 0.15) is 19.0 Å². The summed E-state index contributed by atoms with van der Waals surface area (Å²) in [6.45, 7) is 5.43. The molecule has 2 amide bonds. The van der Waals surface area contributed by atoms with Gasteiger partial charge >= 0.3 is 6.03 Å². The van der Waals surface area contributed by atoms with Gasteiger partial charge in [-0.15, -0.1) is 0 Å². The summed E-state index contributed by atoms with van der Waals surface area (Å²) in [7, 11) is 2.09. The number of carbonyl (C=O) groups is 1. The van der Waals surface area contributed by atoms with Crippen molar-refractivity contribution in [3.05, 3.63) is 36.3 Å². The van der Waals surface area contributed by atoms with E-state index in [0.29, 0.717) is 18.3 Å². The van der Waals surface area contributed by atoms with Gasteiger partial charge in [-0.05, 0) is 31.4 Å². The average molecular weight is 368 g/mol. The van der Waals surface area contributed by atoms with E-state index in [0.717, 1.165) is 35.4 Å². The molecule has 0 spiro atoms. The predicted molar refractivity (Wildman–Crippen MR) is 104 cm³/mol. The summed E-state index contributed by atoms with van der Waals surface area (Å²) in [5, 5.41) is 7.69. The molecule has 8 nitrogen and oxygen atoms in total. The van der Waals surface area contributed by atoms with E-state index in [2.05, 4.69) is 39.3 Å². The molecule has 0 aromatic carbocycles. The molecule has 4 heterocycles. The molecule has 27 heavy (non-hydrogen) atoms. The van der Waals surface area contributed by atoms with E-state index in [1.54, 1.807) is 6.07 Å². The largest absolute Gasteiger partial charge is 0.369 e. The van der Waals surface area contributed by atoms with E-state index in [-0.39, 0.29) is 12.1 Å². The van der Waals surface area contributed by atoms with Gasteiger partial charge in [0.15, 0.2) is 0 Å². The molecule has 2 N–H and O–H groups in total. The Morgan fingerprint density at radius 2 is 2.30 bits per heavy atom. The van der Waals surface area contributed by atoms with E-state index in [1.165, 1.54) is 0 Å². The predicted octanol–water partition coefficient (Wildman–Crippen LogP) is 3.24. The third kappa shape index (κ3) is 3.34. The van der Waals surface area contributed by atoms with Crippen LogP contribution < -0.4 is 10.2 Å². The van der Waals surface area contributed by atoms with Gasteiger partial charge in [0, 0.05) is 55.7 Å².